The van der Waals surface area contributed by atoms with Crippen LogP contribution in [-0.2, 0) is 6.42 Å². The second-order valence-corrected chi connectivity index (χ2v) is 6.95. The average molecular weight is 335 g/mol. The van der Waals surface area contributed by atoms with Crippen LogP contribution in [0.4, 0.5) is 0 Å². The molecule has 0 radical (unpaired) electrons. The van der Waals surface area contributed by atoms with E-state index in [-0.39, 0.29) is 0 Å². The Balaban J connectivity index is 1.72. The molecule has 0 spiro atoms. The van der Waals surface area contributed by atoms with Crippen molar-refractivity contribution in [1.82, 2.24) is 14.8 Å². The van der Waals surface area contributed by atoms with Gasteiger partial charge in [-0.3, -0.25) is 9.67 Å². The Bertz CT molecular complexity index is 921. The summed E-state index contributed by atoms with van der Waals surface area (Å²) in [6, 6.07) is 17.3. The third-order valence-corrected chi connectivity index (χ3v) is 5.21. The Morgan fingerprint density at radius 1 is 1.12 bits per heavy atom. The molecule has 1 heterocycles. The lowest BCUT2D eigenvalue weighted by Gasteiger charge is -2.11. The summed E-state index contributed by atoms with van der Waals surface area (Å²) >= 11 is 5.53. The maximum atomic E-state index is 5.53. The monoisotopic (exact) mass is 335 g/mol. The number of H-pyrrole nitrogens is 1. The van der Waals surface area contributed by atoms with E-state index in [0.29, 0.717) is 16.6 Å². The van der Waals surface area contributed by atoms with Gasteiger partial charge in [0, 0.05) is 5.92 Å². The average Bonchev–Trinajstić information content (AvgIpc) is 3.31. The van der Waals surface area contributed by atoms with Crippen molar-refractivity contribution in [2.75, 3.05) is 0 Å². The van der Waals surface area contributed by atoms with E-state index in [0.717, 1.165) is 24.4 Å². The number of para-hydroxylation sites is 1. The van der Waals surface area contributed by atoms with Gasteiger partial charge in [0.05, 0.1) is 5.69 Å². The van der Waals surface area contributed by atoms with Crippen molar-refractivity contribution in [3.63, 3.8) is 0 Å². The molecule has 0 aliphatic heterocycles. The van der Waals surface area contributed by atoms with Gasteiger partial charge in [0.15, 0.2) is 4.77 Å². The van der Waals surface area contributed by atoms with Gasteiger partial charge in [0.2, 0.25) is 0 Å². The molecule has 3 aromatic rings. The van der Waals surface area contributed by atoms with Gasteiger partial charge in [0.1, 0.15) is 5.82 Å². The summed E-state index contributed by atoms with van der Waals surface area (Å²) in [5.74, 6) is 2.04. The van der Waals surface area contributed by atoms with E-state index >= 15 is 0 Å². The highest BCUT2D eigenvalue weighted by molar-refractivity contribution is 7.71. The minimum atomic E-state index is 0.436. The third kappa shape index (κ3) is 2.61. The van der Waals surface area contributed by atoms with E-state index in [1.807, 2.05) is 0 Å². The lowest BCUT2D eigenvalue weighted by Crippen LogP contribution is -2.04. The molecule has 1 aliphatic carbocycles. The van der Waals surface area contributed by atoms with Crippen LogP contribution < -0.4 is 0 Å². The largest absolute Gasteiger partial charge is 0.272 e. The molecule has 0 bridgehead atoms. The summed E-state index contributed by atoms with van der Waals surface area (Å²) in [7, 11) is 0. The molecule has 122 valence electrons. The third-order valence-electron chi connectivity index (χ3n) is 4.94. The van der Waals surface area contributed by atoms with Crippen molar-refractivity contribution in [2.24, 2.45) is 0 Å². The standard InChI is InChI=1S/C20H21N3S/c1-3-14-6-4-5-7-18(14)23-19(21-22-20(23)24)17-12-16(17)15-10-8-13(2)9-11-15/h4-11,16-17H,3,12H2,1-2H3,(H,22,24)/t16-,17-/m0/s1. The van der Waals surface area contributed by atoms with Gasteiger partial charge in [-0.2, -0.15) is 5.10 Å². The topological polar surface area (TPSA) is 33.6 Å². The maximum Gasteiger partial charge on any atom is 0.199 e. The fraction of sp³-hybridized carbons (Fsp3) is 0.300. The predicted molar refractivity (Wildman–Crippen MR) is 99.4 cm³/mol. The van der Waals surface area contributed by atoms with E-state index in [1.165, 1.54) is 16.7 Å². The molecule has 1 fully saturated rings. The fourth-order valence-corrected chi connectivity index (χ4v) is 3.72. The summed E-state index contributed by atoms with van der Waals surface area (Å²) in [6.45, 7) is 4.30. The van der Waals surface area contributed by atoms with E-state index in [9.17, 15) is 0 Å². The Morgan fingerprint density at radius 2 is 1.88 bits per heavy atom. The molecule has 3 nitrogen and oxygen atoms in total. The Kier molecular flexibility index (Phi) is 3.85. The van der Waals surface area contributed by atoms with Crippen LogP contribution in [0.1, 0.15) is 47.7 Å². The zero-order chi connectivity index (χ0) is 16.7. The van der Waals surface area contributed by atoms with Gasteiger partial charge in [-0.05, 0) is 55.1 Å². The second kappa shape index (κ2) is 6.02. The number of nitrogens with zero attached hydrogens (tertiary/aromatic N) is 2. The van der Waals surface area contributed by atoms with Crippen molar-refractivity contribution < 1.29 is 0 Å². The zero-order valence-corrected chi connectivity index (χ0v) is 14.8. The first kappa shape index (κ1) is 15.3. The van der Waals surface area contributed by atoms with Crippen LogP contribution in [0.5, 0.6) is 0 Å². The molecule has 0 amide bonds. The number of aromatic amines is 1. The fourth-order valence-electron chi connectivity index (χ4n) is 3.48. The highest BCUT2D eigenvalue weighted by atomic mass is 32.1. The highest BCUT2D eigenvalue weighted by Crippen LogP contribution is 2.54. The first-order valence-electron chi connectivity index (χ1n) is 8.51. The predicted octanol–water partition coefficient (Wildman–Crippen LogP) is 5.07. The first-order valence-corrected chi connectivity index (χ1v) is 8.92. The van der Waals surface area contributed by atoms with Crippen LogP contribution in [0, 0.1) is 11.7 Å². The number of aromatic nitrogens is 3. The van der Waals surface area contributed by atoms with E-state index in [4.69, 9.17) is 12.2 Å². The van der Waals surface area contributed by atoms with Gasteiger partial charge in [0.25, 0.3) is 0 Å². The molecular formula is C20H21N3S. The van der Waals surface area contributed by atoms with Crippen LogP contribution in [-0.4, -0.2) is 14.8 Å². The molecule has 2 aromatic carbocycles. The van der Waals surface area contributed by atoms with E-state index in [2.05, 4.69) is 77.1 Å². The molecule has 1 N–H and O–H groups in total. The number of hydrogen-bond acceptors (Lipinski definition) is 2. The SMILES string of the molecule is CCc1ccccc1-n1c([C@H]2C[C@H]2c2ccc(C)cc2)n[nH]c1=S. The molecule has 4 heteroatoms. The summed E-state index contributed by atoms with van der Waals surface area (Å²) in [5.41, 5.74) is 5.15. The normalized spacial score (nSPS) is 19.4. The summed E-state index contributed by atoms with van der Waals surface area (Å²) in [6.07, 6.45) is 2.12. The lowest BCUT2D eigenvalue weighted by atomic mass is 10.1. The number of rotatable bonds is 4. The van der Waals surface area contributed by atoms with Crippen LogP contribution in [0.25, 0.3) is 5.69 Å². The maximum absolute atomic E-state index is 5.53. The molecule has 2 atom stereocenters. The van der Waals surface area contributed by atoms with Gasteiger partial charge in [-0.1, -0.05) is 55.0 Å². The molecule has 24 heavy (non-hydrogen) atoms. The van der Waals surface area contributed by atoms with Crippen molar-refractivity contribution in [3.05, 3.63) is 75.8 Å². The molecule has 1 aliphatic rings. The van der Waals surface area contributed by atoms with E-state index in [1.54, 1.807) is 0 Å². The molecular weight excluding hydrogens is 314 g/mol. The lowest BCUT2D eigenvalue weighted by molar-refractivity contribution is 0.838. The van der Waals surface area contributed by atoms with Crippen LogP contribution in [0.3, 0.4) is 0 Å². The summed E-state index contributed by atoms with van der Waals surface area (Å²) in [5, 5.41) is 7.57. The number of benzene rings is 2. The van der Waals surface area contributed by atoms with Crippen molar-refractivity contribution in [2.45, 2.75) is 38.5 Å². The summed E-state index contributed by atoms with van der Waals surface area (Å²) < 4.78 is 2.81. The number of aryl methyl sites for hydroxylation is 2. The van der Waals surface area contributed by atoms with Crippen molar-refractivity contribution in [1.29, 1.82) is 0 Å². The van der Waals surface area contributed by atoms with Crippen molar-refractivity contribution >= 4 is 12.2 Å². The second-order valence-electron chi connectivity index (χ2n) is 6.56. The van der Waals surface area contributed by atoms with Crippen LogP contribution >= 0.6 is 12.2 Å². The summed E-state index contributed by atoms with van der Waals surface area (Å²) in [4.78, 5) is 0. The van der Waals surface area contributed by atoms with Gasteiger partial charge >= 0.3 is 0 Å². The van der Waals surface area contributed by atoms with Crippen molar-refractivity contribution in [3.8, 4) is 5.69 Å². The first-order chi connectivity index (χ1) is 11.7. The van der Waals surface area contributed by atoms with Crippen LogP contribution in [0.15, 0.2) is 48.5 Å². The quantitative estimate of drug-likeness (QED) is 0.675. The molecule has 0 unspecified atom stereocenters. The minimum Gasteiger partial charge on any atom is -0.272 e. The van der Waals surface area contributed by atoms with E-state index < -0.39 is 0 Å². The van der Waals surface area contributed by atoms with Gasteiger partial charge < -0.3 is 0 Å². The molecule has 4 rings (SSSR count). The number of hydrogen-bond donors (Lipinski definition) is 1. The Labute approximate surface area is 147 Å². The minimum absolute atomic E-state index is 0.436. The number of nitrogens with one attached hydrogen (secondary N) is 1. The zero-order valence-electron chi connectivity index (χ0n) is 14.0. The highest BCUT2D eigenvalue weighted by Gasteiger charge is 2.43. The Hall–Kier alpha value is -2.20. The molecule has 1 saturated carbocycles. The van der Waals surface area contributed by atoms with Crippen LogP contribution in [0.2, 0.25) is 0 Å². The molecule has 0 saturated heterocycles. The van der Waals surface area contributed by atoms with Gasteiger partial charge in [-0.15, -0.1) is 0 Å². The smallest absolute Gasteiger partial charge is 0.199 e. The Morgan fingerprint density at radius 3 is 2.62 bits per heavy atom. The molecule has 1 aromatic heterocycles. The van der Waals surface area contributed by atoms with Gasteiger partial charge in [-0.25, -0.2) is 0 Å².